The second-order valence-electron chi connectivity index (χ2n) is 3.63. The summed E-state index contributed by atoms with van der Waals surface area (Å²) in [7, 11) is 0. The lowest BCUT2D eigenvalue weighted by Crippen LogP contribution is -2.45. The molecule has 0 bridgehead atoms. The molecule has 4 heteroatoms. The topological polar surface area (TPSA) is 20.2 Å². The van der Waals surface area contributed by atoms with Crippen LogP contribution in [0.2, 0.25) is 0 Å². The summed E-state index contributed by atoms with van der Waals surface area (Å²) in [5.74, 6) is 0. The van der Waals surface area contributed by atoms with Gasteiger partial charge in [0.25, 0.3) is 0 Å². The minimum atomic E-state index is 0.212. The smallest absolute Gasteiger partial charge is 0.194 e. The maximum atomic E-state index is 9.32. The molecule has 0 amide bonds. The van der Waals surface area contributed by atoms with Gasteiger partial charge in [0, 0.05) is 12.1 Å². The molecule has 0 saturated heterocycles. The van der Waals surface area contributed by atoms with Gasteiger partial charge in [-0.25, -0.2) is 4.48 Å². The summed E-state index contributed by atoms with van der Waals surface area (Å²) < 4.78 is 0.770. The van der Waals surface area contributed by atoms with Crippen LogP contribution in [0.4, 0.5) is 10.0 Å². The molecule has 86 valence electrons. The van der Waals surface area contributed by atoms with E-state index >= 15 is 0 Å². The Labute approximate surface area is 104 Å². The van der Waals surface area contributed by atoms with E-state index in [0.717, 1.165) is 17.6 Å². The first-order valence-corrected chi connectivity index (χ1v) is 7.15. The van der Waals surface area contributed by atoms with Crippen LogP contribution in [-0.4, -0.2) is 24.8 Å². The number of likely N-dealkylation sites (N-methyl/N-ethyl adjacent to an activating group) is 1. The van der Waals surface area contributed by atoms with Crippen LogP contribution in [0.5, 0.6) is 0 Å². The Balaban J connectivity index is 2.47. The van der Waals surface area contributed by atoms with Gasteiger partial charge in [-0.2, -0.15) is 0 Å². The van der Waals surface area contributed by atoms with E-state index in [2.05, 4.69) is 41.9 Å². The molecule has 0 atom stereocenters. The maximum Gasteiger partial charge on any atom is 0.194 e. The van der Waals surface area contributed by atoms with Crippen LogP contribution in [0, 0.1) is 0 Å². The van der Waals surface area contributed by atoms with Crippen LogP contribution in [0.15, 0.2) is 35.0 Å². The van der Waals surface area contributed by atoms with E-state index in [1.165, 1.54) is 10.0 Å². The fourth-order valence-corrected chi connectivity index (χ4v) is 4.00. The third-order valence-electron chi connectivity index (χ3n) is 2.88. The van der Waals surface area contributed by atoms with Gasteiger partial charge >= 0.3 is 0 Å². The zero-order chi connectivity index (χ0) is 11.4. The molecule has 1 N–H and O–H groups in total. The molecule has 0 spiro atoms. The van der Waals surface area contributed by atoms with Gasteiger partial charge in [0.1, 0.15) is 6.54 Å². The highest BCUT2D eigenvalue weighted by molar-refractivity contribution is 7.16. The molecule has 0 aromatic carbocycles. The number of nitrogens with zero attached hydrogens (tertiary/aromatic N) is 1. The monoisotopic (exact) mass is 254 g/mol. The van der Waals surface area contributed by atoms with Crippen molar-refractivity contribution in [1.82, 2.24) is 4.48 Å². The third kappa shape index (κ3) is 1.94. The molecule has 16 heavy (non-hydrogen) atoms. The van der Waals surface area contributed by atoms with Gasteiger partial charge in [0.15, 0.2) is 10.0 Å². The summed E-state index contributed by atoms with van der Waals surface area (Å²) in [6, 6.07) is 8.47. The second kappa shape index (κ2) is 5.10. The molecule has 2 aromatic rings. The molecule has 0 saturated carbocycles. The van der Waals surface area contributed by atoms with Crippen molar-refractivity contribution in [2.24, 2.45) is 0 Å². The van der Waals surface area contributed by atoms with Crippen LogP contribution in [0.25, 0.3) is 0 Å². The van der Waals surface area contributed by atoms with E-state index in [9.17, 15) is 5.11 Å². The molecule has 2 aromatic heterocycles. The Kier molecular flexibility index (Phi) is 3.76. The summed E-state index contributed by atoms with van der Waals surface area (Å²) in [4.78, 5) is 0. The summed E-state index contributed by atoms with van der Waals surface area (Å²) in [6.45, 7) is 4.11. The third-order valence-corrected chi connectivity index (χ3v) is 4.92. The number of aliphatic hydroxyl groups is 1. The van der Waals surface area contributed by atoms with Crippen molar-refractivity contribution in [3.05, 3.63) is 35.0 Å². The highest BCUT2D eigenvalue weighted by atomic mass is 32.1. The van der Waals surface area contributed by atoms with E-state index in [0.29, 0.717) is 0 Å². The highest BCUT2D eigenvalue weighted by Crippen LogP contribution is 2.40. The minimum absolute atomic E-state index is 0.212. The number of quaternary nitrogens is 1. The molecule has 0 fully saturated rings. The Hall–Kier alpha value is -0.680. The molecular weight excluding hydrogens is 238 g/mol. The zero-order valence-corrected chi connectivity index (χ0v) is 10.9. The average Bonchev–Trinajstić information content (AvgIpc) is 2.98. The number of thiophene rings is 2. The molecule has 2 rings (SSSR count). The predicted octanol–water partition coefficient (Wildman–Crippen LogP) is 3.46. The fraction of sp³-hybridized carbons (Fsp3) is 0.333. The molecule has 2 heterocycles. The molecule has 0 aliphatic carbocycles. The maximum absolute atomic E-state index is 9.32. The quantitative estimate of drug-likeness (QED) is 0.810. The van der Waals surface area contributed by atoms with Crippen LogP contribution in [0.3, 0.4) is 0 Å². The first-order chi connectivity index (χ1) is 7.83. The number of hydrogen-bond donors (Lipinski definition) is 1. The van der Waals surface area contributed by atoms with Crippen LogP contribution in [0.1, 0.15) is 6.92 Å². The molecule has 0 aliphatic rings. The van der Waals surface area contributed by atoms with Gasteiger partial charge in [-0.05, 0) is 29.8 Å². The Morgan fingerprint density at radius 1 is 1.12 bits per heavy atom. The summed E-state index contributed by atoms with van der Waals surface area (Å²) in [5.41, 5.74) is 0. The largest absolute Gasteiger partial charge is 0.390 e. The van der Waals surface area contributed by atoms with Crippen LogP contribution in [-0.2, 0) is 0 Å². The normalized spacial score (nSPS) is 11.9. The van der Waals surface area contributed by atoms with Gasteiger partial charge in [-0.15, -0.1) is 0 Å². The standard InChI is InChI=1S/C12H16NOS2/c1-2-13(7-8-14,11-5-3-9-15-11)12-6-4-10-16-12/h3-6,9-10,14H,2,7-8H2,1H3/q+1. The van der Waals surface area contributed by atoms with E-state index < -0.39 is 0 Å². The lowest BCUT2D eigenvalue weighted by atomic mass is 10.3. The van der Waals surface area contributed by atoms with Gasteiger partial charge in [-0.3, -0.25) is 0 Å². The van der Waals surface area contributed by atoms with E-state index in [1.807, 2.05) is 0 Å². The van der Waals surface area contributed by atoms with E-state index in [1.54, 1.807) is 22.7 Å². The lowest BCUT2D eigenvalue weighted by molar-refractivity contribution is 0.248. The molecule has 0 aliphatic heterocycles. The molecule has 0 unspecified atom stereocenters. The Morgan fingerprint density at radius 2 is 1.69 bits per heavy atom. The predicted molar refractivity (Wildman–Crippen MR) is 72.6 cm³/mol. The molecular formula is C12H16NOS2+. The Bertz CT molecular complexity index is 374. The number of aliphatic hydroxyl groups excluding tert-OH is 1. The van der Waals surface area contributed by atoms with Crippen molar-refractivity contribution in [1.29, 1.82) is 0 Å². The SMILES string of the molecule is CC[N+](CCO)(c1cccs1)c1cccs1. The van der Waals surface area contributed by atoms with Crippen LogP contribution >= 0.6 is 22.7 Å². The van der Waals surface area contributed by atoms with Crippen molar-refractivity contribution >= 4 is 32.7 Å². The number of rotatable bonds is 5. The summed E-state index contributed by atoms with van der Waals surface area (Å²) >= 11 is 3.52. The summed E-state index contributed by atoms with van der Waals surface area (Å²) in [5, 5.41) is 16.1. The zero-order valence-electron chi connectivity index (χ0n) is 9.30. The highest BCUT2D eigenvalue weighted by Gasteiger charge is 2.32. The van der Waals surface area contributed by atoms with Gasteiger partial charge < -0.3 is 5.11 Å². The average molecular weight is 254 g/mol. The van der Waals surface area contributed by atoms with Gasteiger partial charge in [0.2, 0.25) is 0 Å². The lowest BCUT2D eigenvalue weighted by Gasteiger charge is -2.33. The first kappa shape index (κ1) is 11.8. The Morgan fingerprint density at radius 3 is 2.00 bits per heavy atom. The van der Waals surface area contributed by atoms with Gasteiger partial charge in [0.05, 0.1) is 13.2 Å². The van der Waals surface area contributed by atoms with Crippen molar-refractivity contribution < 1.29 is 5.11 Å². The minimum Gasteiger partial charge on any atom is -0.390 e. The van der Waals surface area contributed by atoms with E-state index in [4.69, 9.17) is 0 Å². The summed E-state index contributed by atoms with van der Waals surface area (Å²) in [6.07, 6.45) is 0. The van der Waals surface area contributed by atoms with Crippen molar-refractivity contribution in [2.45, 2.75) is 6.92 Å². The van der Waals surface area contributed by atoms with E-state index in [-0.39, 0.29) is 6.61 Å². The molecule has 2 nitrogen and oxygen atoms in total. The van der Waals surface area contributed by atoms with Crippen molar-refractivity contribution in [3.8, 4) is 0 Å². The van der Waals surface area contributed by atoms with Gasteiger partial charge in [-0.1, -0.05) is 22.7 Å². The van der Waals surface area contributed by atoms with Crippen LogP contribution < -0.4 is 4.48 Å². The number of hydrogen-bond acceptors (Lipinski definition) is 3. The second-order valence-corrected chi connectivity index (χ2v) is 5.49. The van der Waals surface area contributed by atoms with Crippen molar-refractivity contribution in [3.63, 3.8) is 0 Å². The molecule has 0 radical (unpaired) electrons. The first-order valence-electron chi connectivity index (χ1n) is 5.39. The van der Waals surface area contributed by atoms with Crippen molar-refractivity contribution in [2.75, 3.05) is 19.7 Å². The fourth-order valence-electron chi connectivity index (χ4n) is 2.00.